The summed E-state index contributed by atoms with van der Waals surface area (Å²) in [5.41, 5.74) is -1.34. The van der Waals surface area contributed by atoms with Gasteiger partial charge < -0.3 is 10.1 Å². The molecule has 0 radical (unpaired) electrons. The lowest BCUT2D eigenvalue weighted by Gasteiger charge is -2.29. The largest absolute Gasteiger partial charge is 0.478 e. The summed E-state index contributed by atoms with van der Waals surface area (Å²) in [4.78, 5) is 38.2. The molecule has 1 heterocycles. The van der Waals surface area contributed by atoms with E-state index in [1.165, 1.54) is 10.6 Å². The first-order valence-corrected chi connectivity index (χ1v) is 6.86. The Labute approximate surface area is 120 Å². The van der Waals surface area contributed by atoms with Crippen LogP contribution in [-0.4, -0.2) is 20.6 Å². The molecular weight excluding hydrogens is 272 g/mol. The fraction of sp³-hybridized carbons (Fsp3) is 0.400. The second-order valence-electron chi connectivity index (χ2n) is 6.03. The number of aromatic carboxylic acids is 1. The number of nitrogens with zero attached hydrogens (tertiary/aromatic N) is 1. The number of H-pyrrole nitrogens is 1. The van der Waals surface area contributed by atoms with Crippen molar-refractivity contribution in [2.45, 2.75) is 32.2 Å². The van der Waals surface area contributed by atoms with Crippen molar-refractivity contribution in [1.82, 2.24) is 9.55 Å². The molecule has 1 fully saturated rings. The van der Waals surface area contributed by atoms with Crippen molar-refractivity contribution in [2.75, 3.05) is 0 Å². The molecule has 3 rings (SSSR count). The Hall–Kier alpha value is -2.37. The molecule has 1 aromatic heterocycles. The van der Waals surface area contributed by atoms with Crippen LogP contribution in [0.4, 0.5) is 0 Å². The predicted octanol–water partition coefficient (Wildman–Crippen LogP) is 1.53. The lowest BCUT2D eigenvalue weighted by molar-refractivity contribution is 0.0698. The van der Waals surface area contributed by atoms with Crippen LogP contribution < -0.4 is 11.1 Å². The molecule has 2 N–H and O–H groups in total. The Balaban J connectivity index is 2.51. The standard InChI is InChI=1S/C15H16N2O4/c1-15(2,8-6-7-8)17-11-9(14(20)21)4-3-5-10(11)16-12(18)13(17)19/h3-5,8H,6-7H2,1-2H3,(H,16,18)(H,20,21). The zero-order chi connectivity index (χ0) is 15.4. The number of nitrogens with one attached hydrogen (secondary N) is 1. The smallest absolute Gasteiger partial charge is 0.337 e. The highest BCUT2D eigenvalue weighted by Crippen LogP contribution is 2.44. The number of carboxylic acid groups (broad SMARTS) is 1. The summed E-state index contributed by atoms with van der Waals surface area (Å²) in [5.74, 6) is -0.838. The normalized spacial score (nSPS) is 15.3. The molecule has 6 nitrogen and oxygen atoms in total. The van der Waals surface area contributed by atoms with E-state index in [2.05, 4.69) is 4.98 Å². The van der Waals surface area contributed by atoms with Crippen LogP contribution in [0.2, 0.25) is 0 Å². The van der Waals surface area contributed by atoms with Crippen molar-refractivity contribution in [3.8, 4) is 0 Å². The molecule has 0 saturated heterocycles. The average Bonchev–Trinajstić information content (AvgIpc) is 3.23. The minimum absolute atomic E-state index is 0.0228. The lowest BCUT2D eigenvalue weighted by Crippen LogP contribution is -2.46. The van der Waals surface area contributed by atoms with Crippen LogP contribution in [0.3, 0.4) is 0 Å². The number of aromatic nitrogens is 2. The Morgan fingerprint density at radius 2 is 2.00 bits per heavy atom. The van der Waals surface area contributed by atoms with Crippen LogP contribution >= 0.6 is 0 Å². The van der Waals surface area contributed by atoms with Gasteiger partial charge in [-0.05, 0) is 44.7 Å². The first-order chi connectivity index (χ1) is 9.84. The highest BCUT2D eigenvalue weighted by atomic mass is 16.4. The predicted molar refractivity (Wildman–Crippen MR) is 77.8 cm³/mol. The van der Waals surface area contributed by atoms with Crippen LogP contribution in [0.15, 0.2) is 27.8 Å². The highest BCUT2D eigenvalue weighted by molar-refractivity contribution is 6.00. The van der Waals surface area contributed by atoms with E-state index in [1.807, 2.05) is 13.8 Å². The second kappa shape index (κ2) is 4.31. The zero-order valence-electron chi connectivity index (χ0n) is 11.8. The van der Waals surface area contributed by atoms with Gasteiger partial charge in [0.2, 0.25) is 0 Å². The van der Waals surface area contributed by atoms with Crippen molar-refractivity contribution < 1.29 is 9.90 Å². The molecule has 0 aliphatic heterocycles. The minimum Gasteiger partial charge on any atom is -0.478 e. The number of benzene rings is 1. The van der Waals surface area contributed by atoms with Crippen molar-refractivity contribution in [3.05, 3.63) is 44.5 Å². The number of carboxylic acids is 1. The van der Waals surface area contributed by atoms with Crippen molar-refractivity contribution in [3.63, 3.8) is 0 Å². The summed E-state index contributed by atoms with van der Waals surface area (Å²) in [6.07, 6.45) is 1.95. The average molecular weight is 288 g/mol. The monoisotopic (exact) mass is 288 g/mol. The van der Waals surface area contributed by atoms with Gasteiger partial charge in [0, 0.05) is 5.54 Å². The first kappa shape index (κ1) is 13.6. The summed E-state index contributed by atoms with van der Waals surface area (Å²) in [7, 11) is 0. The van der Waals surface area contributed by atoms with Gasteiger partial charge in [-0.2, -0.15) is 0 Å². The Bertz CT molecular complexity index is 856. The number of rotatable bonds is 3. The van der Waals surface area contributed by atoms with E-state index in [0.29, 0.717) is 5.52 Å². The molecule has 110 valence electrons. The maximum Gasteiger partial charge on any atom is 0.337 e. The van der Waals surface area contributed by atoms with Gasteiger partial charge in [0.25, 0.3) is 0 Å². The van der Waals surface area contributed by atoms with Gasteiger partial charge in [-0.15, -0.1) is 0 Å². The van der Waals surface area contributed by atoms with Crippen molar-refractivity contribution in [1.29, 1.82) is 0 Å². The van der Waals surface area contributed by atoms with Gasteiger partial charge >= 0.3 is 17.1 Å². The maximum atomic E-state index is 12.4. The SMILES string of the molecule is CC(C)(C1CC1)n1c(=O)c(=O)[nH]c2cccc(C(=O)O)c21. The Morgan fingerprint density at radius 3 is 2.57 bits per heavy atom. The van der Waals surface area contributed by atoms with Gasteiger partial charge in [0.05, 0.1) is 16.6 Å². The van der Waals surface area contributed by atoms with E-state index < -0.39 is 22.6 Å². The molecule has 1 aromatic carbocycles. The molecule has 0 spiro atoms. The summed E-state index contributed by atoms with van der Waals surface area (Å²) >= 11 is 0. The topological polar surface area (TPSA) is 92.2 Å². The number of aromatic amines is 1. The third-order valence-corrected chi connectivity index (χ3v) is 4.29. The quantitative estimate of drug-likeness (QED) is 0.838. The fourth-order valence-electron chi connectivity index (χ4n) is 2.96. The Morgan fingerprint density at radius 1 is 1.33 bits per heavy atom. The molecule has 1 saturated carbocycles. The Kier molecular flexibility index (Phi) is 2.79. The van der Waals surface area contributed by atoms with Gasteiger partial charge in [-0.25, -0.2) is 4.79 Å². The van der Waals surface area contributed by atoms with Gasteiger partial charge in [0.1, 0.15) is 0 Å². The van der Waals surface area contributed by atoms with E-state index >= 15 is 0 Å². The maximum absolute atomic E-state index is 12.4. The fourth-order valence-corrected chi connectivity index (χ4v) is 2.96. The van der Waals surface area contributed by atoms with Crippen LogP contribution in [0.5, 0.6) is 0 Å². The third-order valence-electron chi connectivity index (χ3n) is 4.29. The summed E-state index contributed by atoms with van der Waals surface area (Å²) < 4.78 is 1.36. The second-order valence-corrected chi connectivity index (χ2v) is 6.03. The van der Waals surface area contributed by atoms with Crippen molar-refractivity contribution in [2.24, 2.45) is 5.92 Å². The minimum atomic E-state index is -1.12. The van der Waals surface area contributed by atoms with Gasteiger partial charge in [-0.3, -0.25) is 14.2 Å². The van der Waals surface area contributed by atoms with E-state index in [-0.39, 0.29) is 17.0 Å². The molecule has 1 aliphatic rings. The molecular formula is C15H16N2O4. The van der Waals surface area contributed by atoms with Crippen LogP contribution in [0.25, 0.3) is 11.0 Å². The molecule has 6 heteroatoms. The number of para-hydroxylation sites is 1. The highest BCUT2D eigenvalue weighted by Gasteiger charge is 2.41. The molecule has 0 amide bonds. The number of carbonyl (C=O) groups is 1. The third kappa shape index (κ3) is 1.98. The number of hydrogen-bond acceptors (Lipinski definition) is 3. The van der Waals surface area contributed by atoms with E-state index in [4.69, 9.17) is 0 Å². The van der Waals surface area contributed by atoms with E-state index in [0.717, 1.165) is 12.8 Å². The summed E-state index contributed by atoms with van der Waals surface area (Å²) in [6.45, 7) is 3.76. The molecule has 21 heavy (non-hydrogen) atoms. The van der Waals surface area contributed by atoms with Gasteiger partial charge in [-0.1, -0.05) is 6.07 Å². The summed E-state index contributed by atoms with van der Waals surface area (Å²) in [6, 6.07) is 4.62. The molecule has 1 aliphatic carbocycles. The van der Waals surface area contributed by atoms with E-state index in [1.54, 1.807) is 12.1 Å². The number of hydrogen-bond donors (Lipinski definition) is 2. The first-order valence-electron chi connectivity index (χ1n) is 6.86. The molecule has 0 unspecified atom stereocenters. The summed E-state index contributed by atoms with van der Waals surface area (Å²) in [5, 5.41) is 9.38. The lowest BCUT2D eigenvalue weighted by atomic mass is 9.97. The van der Waals surface area contributed by atoms with E-state index in [9.17, 15) is 19.5 Å². The van der Waals surface area contributed by atoms with Crippen molar-refractivity contribution >= 4 is 17.0 Å². The molecule has 2 aromatic rings. The van der Waals surface area contributed by atoms with Crippen LogP contribution in [-0.2, 0) is 5.54 Å². The van der Waals surface area contributed by atoms with Gasteiger partial charge in [0.15, 0.2) is 0 Å². The molecule has 0 atom stereocenters. The van der Waals surface area contributed by atoms with Crippen LogP contribution in [0.1, 0.15) is 37.0 Å². The number of fused-ring (bicyclic) bond motifs is 1. The van der Waals surface area contributed by atoms with Crippen LogP contribution in [0, 0.1) is 5.92 Å². The zero-order valence-corrected chi connectivity index (χ0v) is 11.8. The molecule has 0 bridgehead atoms.